The van der Waals surface area contributed by atoms with Crippen LogP contribution in [0.5, 0.6) is 11.5 Å². The first kappa shape index (κ1) is 15.5. The van der Waals surface area contributed by atoms with Crippen molar-refractivity contribution in [2.45, 2.75) is 12.5 Å². The third-order valence-electron chi connectivity index (χ3n) is 3.45. The third-order valence-corrected chi connectivity index (χ3v) is 3.45. The van der Waals surface area contributed by atoms with Gasteiger partial charge in [0.25, 0.3) is 0 Å². The van der Waals surface area contributed by atoms with E-state index in [4.69, 9.17) is 9.47 Å². The first-order chi connectivity index (χ1) is 11.3. The van der Waals surface area contributed by atoms with E-state index in [1.54, 1.807) is 24.5 Å². The maximum Gasteiger partial charge on any atom is 0.226 e. The third kappa shape index (κ3) is 4.77. The molecule has 23 heavy (non-hydrogen) atoms. The van der Waals surface area contributed by atoms with Crippen molar-refractivity contribution in [3.05, 3.63) is 48.8 Å². The summed E-state index contributed by atoms with van der Waals surface area (Å²) in [5, 5.41) is 6.14. The van der Waals surface area contributed by atoms with Crippen LogP contribution in [0.2, 0.25) is 0 Å². The zero-order valence-electron chi connectivity index (χ0n) is 12.7. The molecule has 6 nitrogen and oxygen atoms in total. The van der Waals surface area contributed by atoms with Crippen LogP contribution in [0.3, 0.4) is 0 Å². The van der Waals surface area contributed by atoms with Crippen LogP contribution >= 0.6 is 0 Å². The van der Waals surface area contributed by atoms with E-state index in [0.717, 1.165) is 18.0 Å². The Morgan fingerprint density at radius 1 is 1.22 bits per heavy atom. The quantitative estimate of drug-likeness (QED) is 0.885. The summed E-state index contributed by atoms with van der Waals surface area (Å²) in [6.45, 7) is 2.07. The first-order valence-electron chi connectivity index (χ1n) is 7.58. The molecule has 0 spiro atoms. The van der Waals surface area contributed by atoms with Gasteiger partial charge in [0.15, 0.2) is 0 Å². The van der Waals surface area contributed by atoms with Crippen LogP contribution in [0.25, 0.3) is 0 Å². The average molecular weight is 313 g/mol. The summed E-state index contributed by atoms with van der Waals surface area (Å²) in [5.41, 5.74) is 0.744. The van der Waals surface area contributed by atoms with Crippen molar-refractivity contribution < 1.29 is 14.3 Å². The first-order valence-corrected chi connectivity index (χ1v) is 7.58. The Bertz CT molecular complexity index is 625. The molecule has 0 bridgehead atoms. The van der Waals surface area contributed by atoms with Gasteiger partial charge in [0.1, 0.15) is 11.5 Å². The molecule has 1 saturated heterocycles. The minimum Gasteiger partial charge on any atom is -0.457 e. The van der Waals surface area contributed by atoms with Gasteiger partial charge >= 0.3 is 0 Å². The molecule has 0 aliphatic carbocycles. The summed E-state index contributed by atoms with van der Waals surface area (Å²) < 4.78 is 11.0. The predicted molar refractivity (Wildman–Crippen MR) is 86.6 cm³/mol. The summed E-state index contributed by atoms with van der Waals surface area (Å²) in [7, 11) is 0. The van der Waals surface area contributed by atoms with Gasteiger partial charge in [0.05, 0.1) is 13.2 Å². The number of nitrogens with one attached hydrogen (secondary N) is 2. The van der Waals surface area contributed by atoms with Gasteiger partial charge in [0.2, 0.25) is 5.91 Å². The lowest BCUT2D eigenvalue weighted by Gasteiger charge is -2.23. The molecular formula is C17H19N3O3. The number of nitrogens with zero attached hydrogens (tertiary/aromatic N) is 1. The molecule has 2 aromatic rings. The van der Waals surface area contributed by atoms with Crippen LogP contribution in [-0.2, 0) is 9.53 Å². The largest absolute Gasteiger partial charge is 0.457 e. The lowest BCUT2D eigenvalue weighted by molar-refractivity contribution is -0.117. The molecule has 3 rings (SSSR count). The predicted octanol–water partition coefficient (Wildman–Crippen LogP) is 2.19. The van der Waals surface area contributed by atoms with Crippen molar-refractivity contribution in [3.63, 3.8) is 0 Å². The van der Waals surface area contributed by atoms with Gasteiger partial charge in [-0.25, -0.2) is 0 Å². The molecule has 1 aliphatic rings. The Hall–Kier alpha value is -2.44. The standard InChI is InChI=1S/C17H19N3O3/c21-17(11-14-12-22-10-9-19-14)20-13-1-3-15(4-2-13)23-16-5-7-18-8-6-16/h1-8,14,19H,9-12H2,(H,20,21). The summed E-state index contributed by atoms with van der Waals surface area (Å²) in [6, 6.07) is 10.9. The van der Waals surface area contributed by atoms with Crippen LogP contribution in [0, 0.1) is 0 Å². The highest BCUT2D eigenvalue weighted by atomic mass is 16.5. The van der Waals surface area contributed by atoms with E-state index in [0.29, 0.717) is 25.4 Å². The van der Waals surface area contributed by atoms with E-state index in [1.807, 2.05) is 24.3 Å². The van der Waals surface area contributed by atoms with Crippen molar-refractivity contribution in [2.75, 3.05) is 25.1 Å². The van der Waals surface area contributed by atoms with Crippen molar-refractivity contribution in [1.29, 1.82) is 0 Å². The number of morpholine rings is 1. The Morgan fingerprint density at radius 2 is 1.96 bits per heavy atom. The van der Waals surface area contributed by atoms with Crippen LogP contribution in [-0.4, -0.2) is 36.7 Å². The number of amides is 1. The molecule has 6 heteroatoms. The van der Waals surface area contributed by atoms with Crippen LogP contribution in [0.1, 0.15) is 6.42 Å². The van der Waals surface area contributed by atoms with E-state index < -0.39 is 0 Å². The number of carbonyl (C=O) groups is 1. The maximum absolute atomic E-state index is 12.0. The molecule has 0 radical (unpaired) electrons. The summed E-state index contributed by atoms with van der Waals surface area (Å²) >= 11 is 0. The van der Waals surface area contributed by atoms with E-state index >= 15 is 0 Å². The summed E-state index contributed by atoms with van der Waals surface area (Å²) in [5.74, 6) is 1.40. The number of aromatic nitrogens is 1. The monoisotopic (exact) mass is 313 g/mol. The zero-order chi connectivity index (χ0) is 15.9. The molecule has 1 unspecified atom stereocenters. The summed E-state index contributed by atoms with van der Waals surface area (Å²) in [4.78, 5) is 16.0. The highest BCUT2D eigenvalue weighted by molar-refractivity contribution is 5.91. The minimum atomic E-state index is -0.0317. The smallest absolute Gasteiger partial charge is 0.226 e. The van der Waals surface area contributed by atoms with Gasteiger partial charge in [0, 0.05) is 37.1 Å². The zero-order valence-corrected chi connectivity index (χ0v) is 12.7. The molecule has 1 aromatic heterocycles. The van der Waals surface area contributed by atoms with Crippen LogP contribution in [0.4, 0.5) is 5.69 Å². The number of pyridine rings is 1. The second-order valence-electron chi connectivity index (χ2n) is 5.29. The number of ether oxygens (including phenoxy) is 2. The lowest BCUT2D eigenvalue weighted by atomic mass is 10.2. The normalized spacial score (nSPS) is 17.5. The van der Waals surface area contributed by atoms with Gasteiger partial charge in [-0.3, -0.25) is 9.78 Å². The maximum atomic E-state index is 12.0. The fraction of sp³-hybridized carbons (Fsp3) is 0.294. The Morgan fingerprint density at radius 3 is 2.65 bits per heavy atom. The van der Waals surface area contributed by atoms with Crippen LogP contribution in [0.15, 0.2) is 48.8 Å². The molecular weight excluding hydrogens is 294 g/mol. The number of rotatable bonds is 5. The minimum absolute atomic E-state index is 0.0317. The van der Waals surface area contributed by atoms with E-state index in [9.17, 15) is 4.79 Å². The highest BCUT2D eigenvalue weighted by Crippen LogP contribution is 2.22. The molecule has 2 N–H and O–H groups in total. The van der Waals surface area contributed by atoms with Crippen molar-refractivity contribution in [3.8, 4) is 11.5 Å². The van der Waals surface area contributed by atoms with Crippen molar-refractivity contribution in [1.82, 2.24) is 10.3 Å². The number of benzene rings is 1. The Balaban J connectivity index is 1.51. The van der Waals surface area contributed by atoms with Crippen molar-refractivity contribution in [2.24, 2.45) is 0 Å². The second kappa shape index (κ2) is 7.71. The molecule has 1 fully saturated rings. The number of hydrogen-bond donors (Lipinski definition) is 2. The Kier molecular flexibility index (Phi) is 5.18. The summed E-state index contributed by atoms with van der Waals surface area (Å²) in [6.07, 6.45) is 3.75. The molecule has 1 aliphatic heterocycles. The average Bonchev–Trinajstić information content (AvgIpc) is 2.58. The van der Waals surface area contributed by atoms with Gasteiger partial charge < -0.3 is 20.1 Å². The van der Waals surface area contributed by atoms with Gasteiger partial charge in [-0.2, -0.15) is 0 Å². The van der Waals surface area contributed by atoms with Gasteiger partial charge in [-0.05, 0) is 36.4 Å². The highest BCUT2D eigenvalue weighted by Gasteiger charge is 2.16. The topological polar surface area (TPSA) is 72.5 Å². The fourth-order valence-corrected chi connectivity index (χ4v) is 2.34. The Labute approximate surface area is 134 Å². The molecule has 1 atom stereocenters. The fourth-order valence-electron chi connectivity index (χ4n) is 2.34. The lowest BCUT2D eigenvalue weighted by Crippen LogP contribution is -2.43. The molecule has 0 saturated carbocycles. The number of anilines is 1. The van der Waals surface area contributed by atoms with E-state index in [2.05, 4.69) is 15.6 Å². The van der Waals surface area contributed by atoms with E-state index in [-0.39, 0.29) is 11.9 Å². The van der Waals surface area contributed by atoms with Crippen LogP contribution < -0.4 is 15.4 Å². The van der Waals surface area contributed by atoms with E-state index in [1.165, 1.54) is 0 Å². The molecule has 2 heterocycles. The van der Waals surface area contributed by atoms with Gasteiger partial charge in [-0.1, -0.05) is 0 Å². The van der Waals surface area contributed by atoms with Crippen molar-refractivity contribution >= 4 is 11.6 Å². The molecule has 120 valence electrons. The number of carbonyl (C=O) groups excluding carboxylic acids is 1. The number of hydrogen-bond acceptors (Lipinski definition) is 5. The second-order valence-corrected chi connectivity index (χ2v) is 5.29. The van der Waals surface area contributed by atoms with Gasteiger partial charge in [-0.15, -0.1) is 0 Å². The molecule has 1 aromatic carbocycles. The molecule has 1 amide bonds. The SMILES string of the molecule is O=C(CC1COCCN1)Nc1ccc(Oc2ccncc2)cc1.